The van der Waals surface area contributed by atoms with Crippen molar-refractivity contribution < 1.29 is 5.11 Å². The Hall–Kier alpha value is -0.0800. The van der Waals surface area contributed by atoms with Crippen LogP contribution in [0.1, 0.15) is 40.0 Å². The average Bonchev–Trinajstić information content (AvgIpc) is 2.03. The van der Waals surface area contributed by atoms with E-state index in [1.807, 2.05) is 6.92 Å². The monoisotopic (exact) mass is 185 g/mol. The largest absolute Gasteiger partial charge is 0.392 e. The van der Waals surface area contributed by atoms with Crippen LogP contribution in [-0.4, -0.2) is 23.8 Å². The standard InChI is InChI=1S/C11H23NO/c1-8-5-4-6-9(2)11(8)12-7-10(3)13/h8-13H,4-7H2,1-3H3/t8-,9+,10-,11?/m1/s1. The molecule has 1 rings (SSSR count). The normalized spacial score (nSPS) is 37.4. The van der Waals surface area contributed by atoms with Crippen molar-refractivity contribution in [1.82, 2.24) is 5.32 Å². The van der Waals surface area contributed by atoms with Gasteiger partial charge in [0.1, 0.15) is 0 Å². The molecule has 0 spiro atoms. The topological polar surface area (TPSA) is 32.3 Å². The second-order valence-corrected chi connectivity index (χ2v) is 4.67. The molecule has 2 N–H and O–H groups in total. The molecule has 1 saturated carbocycles. The van der Waals surface area contributed by atoms with Crippen molar-refractivity contribution in [3.8, 4) is 0 Å². The summed E-state index contributed by atoms with van der Waals surface area (Å²) in [5, 5.41) is 12.7. The fourth-order valence-electron chi connectivity index (χ4n) is 2.39. The van der Waals surface area contributed by atoms with E-state index in [2.05, 4.69) is 19.2 Å². The molecule has 1 fully saturated rings. The van der Waals surface area contributed by atoms with Crippen LogP contribution in [0.4, 0.5) is 0 Å². The van der Waals surface area contributed by atoms with Gasteiger partial charge < -0.3 is 10.4 Å². The predicted molar refractivity (Wildman–Crippen MR) is 55.7 cm³/mol. The molecule has 2 nitrogen and oxygen atoms in total. The van der Waals surface area contributed by atoms with Crippen LogP contribution in [0.25, 0.3) is 0 Å². The highest BCUT2D eigenvalue weighted by atomic mass is 16.3. The minimum absolute atomic E-state index is 0.221. The fourth-order valence-corrected chi connectivity index (χ4v) is 2.39. The van der Waals surface area contributed by atoms with E-state index in [1.165, 1.54) is 19.3 Å². The Kier molecular flexibility index (Phi) is 4.20. The summed E-state index contributed by atoms with van der Waals surface area (Å²) < 4.78 is 0. The van der Waals surface area contributed by atoms with Crippen LogP contribution in [0.3, 0.4) is 0 Å². The maximum atomic E-state index is 9.19. The van der Waals surface area contributed by atoms with Crippen molar-refractivity contribution in [2.24, 2.45) is 11.8 Å². The second-order valence-electron chi connectivity index (χ2n) is 4.67. The molecule has 0 amide bonds. The number of aliphatic hydroxyl groups is 1. The Bertz CT molecular complexity index is 137. The molecule has 2 heteroatoms. The third-order valence-corrected chi connectivity index (χ3v) is 3.19. The Labute approximate surface area is 81.7 Å². The molecule has 0 aromatic rings. The maximum Gasteiger partial charge on any atom is 0.0636 e. The summed E-state index contributed by atoms with van der Waals surface area (Å²) in [6.07, 6.45) is 3.82. The quantitative estimate of drug-likeness (QED) is 0.702. The molecule has 0 radical (unpaired) electrons. The van der Waals surface area contributed by atoms with E-state index < -0.39 is 0 Å². The van der Waals surface area contributed by atoms with E-state index in [4.69, 9.17) is 0 Å². The number of aliphatic hydroxyl groups excluding tert-OH is 1. The zero-order chi connectivity index (χ0) is 9.84. The van der Waals surface area contributed by atoms with Gasteiger partial charge >= 0.3 is 0 Å². The van der Waals surface area contributed by atoms with Crippen molar-refractivity contribution in [1.29, 1.82) is 0 Å². The van der Waals surface area contributed by atoms with Gasteiger partial charge in [0.25, 0.3) is 0 Å². The lowest BCUT2D eigenvalue weighted by Gasteiger charge is -2.35. The Balaban J connectivity index is 2.35. The number of hydrogen-bond acceptors (Lipinski definition) is 2. The van der Waals surface area contributed by atoms with Crippen LogP contribution in [0.2, 0.25) is 0 Å². The van der Waals surface area contributed by atoms with Crippen LogP contribution < -0.4 is 5.32 Å². The predicted octanol–water partition coefficient (Wildman–Crippen LogP) is 1.78. The first kappa shape index (κ1) is 11.0. The van der Waals surface area contributed by atoms with Crippen LogP contribution >= 0.6 is 0 Å². The summed E-state index contributed by atoms with van der Waals surface area (Å²) in [5.41, 5.74) is 0. The lowest BCUT2D eigenvalue weighted by atomic mass is 9.79. The lowest BCUT2D eigenvalue weighted by Crippen LogP contribution is -2.45. The van der Waals surface area contributed by atoms with Gasteiger partial charge in [0.2, 0.25) is 0 Å². The number of nitrogens with one attached hydrogen (secondary N) is 1. The summed E-state index contributed by atoms with van der Waals surface area (Å²) in [6, 6.07) is 0.614. The minimum atomic E-state index is -0.221. The van der Waals surface area contributed by atoms with Crippen molar-refractivity contribution in [3.63, 3.8) is 0 Å². The van der Waals surface area contributed by atoms with Gasteiger partial charge in [-0.25, -0.2) is 0 Å². The molecule has 0 bridgehead atoms. The summed E-state index contributed by atoms with van der Waals surface area (Å²) in [5.74, 6) is 1.53. The first-order valence-corrected chi connectivity index (χ1v) is 5.52. The highest BCUT2D eigenvalue weighted by Crippen LogP contribution is 2.28. The molecular weight excluding hydrogens is 162 g/mol. The van der Waals surface area contributed by atoms with E-state index in [-0.39, 0.29) is 6.10 Å². The highest BCUT2D eigenvalue weighted by Gasteiger charge is 2.26. The van der Waals surface area contributed by atoms with Crippen LogP contribution in [0.5, 0.6) is 0 Å². The smallest absolute Gasteiger partial charge is 0.0636 e. The van der Waals surface area contributed by atoms with Gasteiger partial charge in [0.05, 0.1) is 6.10 Å². The molecule has 1 aliphatic carbocycles. The number of hydrogen-bond donors (Lipinski definition) is 2. The van der Waals surface area contributed by atoms with Gasteiger partial charge in [-0.05, 0) is 31.6 Å². The zero-order valence-corrected chi connectivity index (χ0v) is 9.09. The Morgan fingerprint density at radius 1 is 1.31 bits per heavy atom. The second kappa shape index (κ2) is 4.97. The Morgan fingerprint density at radius 3 is 2.31 bits per heavy atom. The van der Waals surface area contributed by atoms with Crippen LogP contribution in [0, 0.1) is 11.8 Å². The van der Waals surface area contributed by atoms with Crippen molar-refractivity contribution in [3.05, 3.63) is 0 Å². The summed E-state index contributed by atoms with van der Waals surface area (Å²) >= 11 is 0. The Morgan fingerprint density at radius 2 is 1.85 bits per heavy atom. The van der Waals surface area contributed by atoms with E-state index >= 15 is 0 Å². The van der Waals surface area contributed by atoms with Gasteiger partial charge in [-0.2, -0.15) is 0 Å². The van der Waals surface area contributed by atoms with E-state index in [0.29, 0.717) is 6.04 Å². The molecular formula is C11H23NO. The van der Waals surface area contributed by atoms with Gasteiger partial charge in [-0.3, -0.25) is 0 Å². The molecule has 0 aromatic heterocycles. The highest BCUT2D eigenvalue weighted by molar-refractivity contribution is 4.83. The molecule has 0 aromatic carbocycles. The summed E-state index contributed by atoms with van der Waals surface area (Å²) in [4.78, 5) is 0. The zero-order valence-electron chi connectivity index (χ0n) is 9.09. The third kappa shape index (κ3) is 3.28. The lowest BCUT2D eigenvalue weighted by molar-refractivity contribution is 0.153. The van der Waals surface area contributed by atoms with Gasteiger partial charge in [-0.1, -0.05) is 20.3 Å². The summed E-state index contributed by atoms with van der Waals surface area (Å²) in [6.45, 7) is 7.20. The number of rotatable bonds is 3. The minimum Gasteiger partial charge on any atom is -0.392 e. The van der Waals surface area contributed by atoms with Crippen molar-refractivity contribution in [2.75, 3.05) is 6.54 Å². The van der Waals surface area contributed by atoms with Crippen LogP contribution in [0.15, 0.2) is 0 Å². The van der Waals surface area contributed by atoms with Gasteiger partial charge in [0, 0.05) is 12.6 Å². The van der Waals surface area contributed by atoms with E-state index in [1.54, 1.807) is 0 Å². The first-order chi connectivity index (χ1) is 6.11. The molecule has 13 heavy (non-hydrogen) atoms. The van der Waals surface area contributed by atoms with Crippen molar-refractivity contribution >= 4 is 0 Å². The van der Waals surface area contributed by atoms with E-state index in [0.717, 1.165) is 18.4 Å². The van der Waals surface area contributed by atoms with Crippen molar-refractivity contribution in [2.45, 2.75) is 52.2 Å². The average molecular weight is 185 g/mol. The van der Waals surface area contributed by atoms with E-state index in [9.17, 15) is 5.11 Å². The SMILES string of the molecule is C[C@@H]1CCC[C@H](C)C1NC[C@@H](C)O. The van der Waals surface area contributed by atoms with Gasteiger partial charge in [-0.15, -0.1) is 0 Å². The van der Waals surface area contributed by atoms with Crippen LogP contribution in [-0.2, 0) is 0 Å². The molecule has 4 atom stereocenters. The molecule has 0 aliphatic heterocycles. The molecule has 0 saturated heterocycles. The molecule has 1 unspecified atom stereocenters. The molecule has 1 aliphatic rings. The molecule has 78 valence electrons. The fraction of sp³-hybridized carbons (Fsp3) is 1.00. The third-order valence-electron chi connectivity index (χ3n) is 3.19. The summed E-state index contributed by atoms with van der Waals surface area (Å²) in [7, 11) is 0. The maximum absolute atomic E-state index is 9.19. The first-order valence-electron chi connectivity index (χ1n) is 5.52. The molecule has 0 heterocycles. The van der Waals surface area contributed by atoms with Gasteiger partial charge in [0.15, 0.2) is 0 Å².